The number of nitrogens with one attached hydrogen (secondary N) is 1. The molecule has 1 heterocycles. The number of carbonyl (C=O) groups excluding carboxylic acids is 3. The molecule has 0 radical (unpaired) electrons. The molecule has 0 bridgehead atoms. The predicted octanol–water partition coefficient (Wildman–Crippen LogP) is 6.34. The Morgan fingerprint density at radius 2 is 1.62 bits per heavy atom. The van der Waals surface area contributed by atoms with Crippen LogP contribution in [0.3, 0.4) is 0 Å². The minimum absolute atomic E-state index is 0.128. The van der Waals surface area contributed by atoms with Crippen molar-refractivity contribution in [2.75, 3.05) is 11.5 Å². The van der Waals surface area contributed by atoms with E-state index >= 15 is 0 Å². The first-order chi connectivity index (χ1) is 17.6. The molecule has 0 saturated carbocycles. The first-order valence-electron chi connectivity index (χ1n) is 12.1. The van der Waals surface area contributed by atoms with Gasteiger partial charge in [0, 0.05) is 16.5 Å². The van der Waals surface area contributed by atoms with E-state index in [4.69, 9.17) is 4.74 Å². The molecular weight excluding hydrogens is 532 g/mol. The molecule has 7 heteroatoms. The van der Waals surface area contributed by atoms with Crippen LogP contribution in [-0.4, -0.2) is 24.5 Å². The van der Waals surface area contributed by atoms with Crippen molar-refractivity contribution < 1.29 is 19.1 Å². The van der Waals surface area contributed by atoms with Crippen molar-refractivity contribution in [2.24, 2.45) is 0 Å². The van der Waals surface area contributed by atoms with Crippen LogP contribution in [0.4, 0.5) is 10.5 Å². The molecule has 1 fully saturated rings. The van der Waals surface area contributed by atoms with Gasteiger partial charge in [0.05, 0.1) is 12.3 Å². The molecule has 1 N–H and O–H groups in total. The zero-order valence-electron chi connectivity index (χ0n) is 21.6. The van der Waals surface area contributed by atoms with Gasteiger partial charge in [-0.1, -0.05) is 57.4 Å². The normalized spacial score (nSPS) is 14.8. The first kappa shape index (κ1) is 26.4. The summed E-state index contributed by atoms with van der Waals surface area (Å²) in [4.78, 5) is 39.8. The van der Waals surface area contributed by atoms with E-state index in [1.54, 1.807) is 6.07 Å². The molecule has 6 nitrogen and oxygen atoms in total. The zero-order valence-corrected chi connectivity index (χ0v) is 23.2. The van der Waals surface area contributed by atoms with Crippen LogP contribution in [0.2, 0.25) is 0 Å². The number of hydrogen-bond acceptors (Lipinski definition) is 4. The lowest BCUT2D eigenvalue weighted by molar-refractivity contribution is -0.122. The molecule has 3 aromatic rings. The Labute approximate surface area is 225 Å². The van der Waals surface area contributed by atoms with Crippen LogP contribution in [0, 0.1) is 27.7 Å². The van der Waals surface area contributed by atoms with E-state index in [2.05, 4.69) is 53.3 Å². The third kappa shape index (κ3) is 5.67. The summed E-state index contributed by atoms with van der Waals surface area (Å²) < 4.78 is 6.76. The van der Waals surface area contributed by atoms with E-state index in [9.17, 15) is 14.4 Å². The highest BCUT2D eigenvalue weighted by Gasteiger charge is 2.37. The van der Waals surface area contributed by atoms with Crippen LogP contribution in [0.5, 0.6) is 5.75 Å². The number of rotatable bonds is 6. The van der Waals surface area contributed by atoms with E-state index < -0.39 is 17.8 Å². The maximum absolute atomic E-state index is 13.4. The molecular formula is C30H29BrN2O4. The van der Waals surface area contributed by atoms with Crippen molar-refractivity contribution in [3.63, 3.8) is 0 Å². The van der Waals surface area contributed by atoms with Crippen molar-refractivity contribution in [3.8, 4) is 5.75 Å². The van der Waals surface area contributed by atoms with Gasteiger partial charge in [-0.05, 0) is 81.1 Å². The molecule has 4 rings (SSSR count). The average Bonchev–Trinajstić information content (AvgIpc) is 2.80. The summed E-state index contributed by atoms with van der Waals surface area (Å²) in [6, 6.07) is 14.8. The number of barbiturate groups is 1. The summed E-state index contributed by atoms with van der Waals surface area (Å²) >= 11 is 3.67. The Balaban J connectivity index is 1.74. The van der Waals surface area contributed by atoms with Crippen LogP contribution in [0.1, 0.15) is 45.9 Å². The average molecular weight is 561 g/mol. The van der Waals surface area contributed by atoms with Gasteiger partial charge in [-0.3, -0.25) is 14.9 Å². The molecule has 0 unspecified atom stereocenters. The standard InChI is InChI=1S/C30H29BrN2O4/c1-6-37-27-16-22(15-25(31)23(27)13-21-10-18(3)9-19(4)11-21)14-24-28(34)32-30(36)33(29(24)35)26-12-17(2)7-8-20(26)5/h7-12,14-16H,6,13H2,1-5H3,(H,32,34,36)/b24-14+. The second-order valence-corrected chi connectivity index (χ2v) is 10.2. The van der Waals surface area contributed by atoms with Gasteiger partial charge in [-0.15, -0.1) is 0 Å². The van der Waals surface area contributed by atoms with E-state index in [1.807, 2.05) is 45.0 Å². The fourth-order valence-electron chi connectivity index (χ4n) is 4.55. The van der Waals surface area contributed by atoms with Gasteiger partial charge in [0.25, 0.3) is 11.8 Å². The Bertz CT molecular complexity index is 1440. The number of ether oxygens (including phenoxy) is 1. The molecule has 0 aliphatic carbocycles. The van der Waals surface area contributed by atoms with E-state index in [-0.39, 0.29) is 5.57 Å². The van der Waals surface area contributed by atoms with Crippen LogP contribution < -0.4 is 15.0 Å². The Morgan fingerprint density at radius 1 is 0.919 bits per heavy atom. The van der Waals surface area contributed by atoms with Gasteiger partial charge in [0.1, 0.15) is 11.3 Å². The minimum Gasteiger partial charge on any atom is -0.494 e. The number of anilines is 1. The van der Waals surface area contributed by atoms with Crippen molar-refractivity contribution in [1.82, 2.24) is 5.32 Å². The Kier molecular flexibility index (Phi) is 7.64. The molecule has 37 heavy (non-hydrogen) atoms. The smallest absolute Gasteiger partial charge is 0.335 e. The lowest BCUT2D eigenvalue weighted by atomic mass is 9.98. The molecule has 0 aromatic heterocycles. The van der Waals surface area contributed by atoms with Crippen molar-refractivity contribution in [2.45, 2.75) is 41.0 Å². The van der Waals surface area contributed by atoms with Gasteiger partial charge in [-0.25, -0.2) is 9.69 Å². The van der Waals surface area contributed by atoms with Crippen molar-refractivity contribution >= 4 is 45.5 Å². The van der Waals surface area contributed by atoms with Gasteiger partial charge in [0.15, 0.2) is 0 Å². The number of nitrogens with zero attached hydrogens (tertiary/aromatic N) is 1. The Morgan fingerprint density at radius 3 is 2.30 bits per heavy atom. The number of carbonyl (C=O) groups is 3. The highest BCUT2D eigenvalue weighted by atomic mass is 79.9. The van der Waals surface area contributed by atoms with Gasteiger partial charge in [0.2, 0.25) is 0 Å². The van der Waals surface area contributed by atoms with Crippen molar-refractivity contribution in [1.29, 1.82) is 0 Å². The maximum Gasteiger partial charge on any atom is 0.335 e. The lowest BCUT2D eigenvalue weighted by Crippen LogP contribution is -2.54. The fraction of sp³-hybridized carbons (Fsp3) is 0.233. The molecule has 190 valence electrons. The van der Waals surface area contributed by atoms with Crippen LogP contribution in [0.15, 0.2) is 58.6 Å². The van der Waals surface area contributed by atoms with E-state index in [1.165, 1.54) is 17.2 Å². The molecule has 3 aromatic carbocycles. The summed E-state index contributed by atoms with van der Waals surface area (Å²) in [5, 5.41) is 2.30. The van der Waals surface area contributed by atoms with Gasteiger partial charge in [-0.2, -0.15) is 0 Å². The SMILES string of the molecule is CCOc1cc(/C=C2\C(=O)NC(=O)N(c3cc(C)ccc3C)C2=O)cc(Br)c1Cc1cc(C)cc(C)c1. The summed E-state index contributed by atoms with van der Waals surface area (Å²) in [5.74, 6) is -0.741. The predicted molar refractivity (Wildman–Crippen MR) is 149 cm³/mol. The monoisotopic (exact) mass is 560 g/mol. The van der Waals surface area contributed by atoms with E-state index in [0.29, 0.717) is 30.0 Å². The first-order valence-corrected chi connectivity index (χ1v) is 12.9. The number of imide groups is 2. The number of benzene rings is 3. The molecule has 4 amide bonds. The second kappa shape index (κ2) is 10.7. The highest BCUT2D eigenvalue weighted by Crippen LogP contribution is 2.33. The third-order valence-electron chi connectivity index (χ3n) is 6.16. The number of urea groups is 1. The van der Waals surface area contributed by atoms with Crippen LogP contribution in [-0.2, 0) is 16.0 Å². The summed E-state index contributed by atoms with van der Waals surface area (Å²) in [5.41, 5.74) is 7.08. The fourth-order valence-corrected chi connectivity index (χ4v) is 5.15. The van der Waals surface area contributed by atoms with Crippen LogP contribution in [0.25, 0.3) is 6.08 Å². The highest BCUT2D eigenvalue weighted by molar-refractivity contribution is 9.10. The largest absolute Gasteiger partial charge is 0.494 e. The van der Waals surface area contributed by atoms with E-state index in [0.717, 1.165) is 31.6 Å². The molecule has 0 spiro atoms. The number of amides is 4. The third-order valence-corrected chi connectivity index (χ3v) is 6.86. The number of aryl methyl sites for hydroxylation is 4. The number of halogens is 1. The molecule has 1 aliphatic rings. The Hall–Kier alpha value is -3.71. The summed E-state index contributed by atoms with van der Waals surface area (Å²) in [6.07, 6.45) is 2.15. The topological polar surface area (TPSA) is 75.7 Å². The number of hydrogen-bond donors (Lipinski definition) is 1. The summed E-state index contributed by atoms with van der Waals surface area (Å²) in [6.45, 7) is 10.2. The minimum atomic E-state index is -0.763. The molecule has 1 saturated heterocycles. The van der Waals surface area contributed by atoms with Crippen molar-refractivity contribution in [3.05, 3.63) is 97.5 Å². The second-order valence-electron chi connectivity index (χ2n) is 9.33. The maximum atomic E-state index is 13.4. The van der Waals surface area contributed by atoms with Gasteiger partial charge < -0.3 is 4.74 Å². The lowest BCUT2D eigenvalue weighted by Gasteiger charge is -2.28. The molecule has 0 atom stereocenters. The summed E-state index contributed by atoms with van der Waals surface area (Å²) in [7, 11) is 0. The quantitative estimate of drug-likeness (QED) is 0.282. The molecule has 1 aliphatic heterocycles. The van der Waals surface area contributed by atoms with Crippen LogP contribution >= 0.6 is 15.9 Å². The zero-order chi connectivity index (χ0) is 26.9. The van der Waals surface area contributed by atoms with Gasteiger partial charge >= 0.3 is 6.03 Å².